The van der Waals surface area contributed by atoms with Crippen LogP contribution < -0.4 is 0 Å². The number of hydrogen-bond acceptors (Lipinski definition) is 2. The van der Waals surface area contributed by atoms with Crippen LogP contribution in [0.2, 0.25) is 0 Å². The monoisotopic (exact) mass is 237 g/mol. The third-order valence-electron chi connectivity index (χ3n) is 1.83. The third-order valence-corrected chi connectivity index (χ3v) is 3.04. The molecule has 0 radical (unpaired) electrons. The lowest BCUT2D eigenvalue weighted by Gasteiger charge is -2.30. The third kappa shape index (κ3) is 5.11. The van der Waals surface area contributed by atoms with Crippen LogP contribution in [-0.4, -0.2) is 33.9 Å². The molecule has 0 atom stereocenters. The summed E-state index contributed by atoms with van der Waals surface area (Å²) in [4.78, 5) is 13.6. The fourth-order valence-electron chi connectivity index (χ4n) is 1.31. The largest absolute Gasteiger partial charge is 0.329 e. The molecule has 0 saturated heterocycles. The van der Waals surface area contributed by atoms with Crippen molar-refractivity contribution in [3.05, 3.63) is 0 Å². The molecule has 1 amide bonds. The van der Waals surface area contributed by atoms with Crippen LogP contribution in [-0.2, 0) is 0 Å². The molecular weight excluding hydrogens is 218 g/mol. The fourth-order valence-corrected chi connectivity index (χ4v) is 2.63. The van der Waals surface area contributed by atoms with Gasteiger partial charge in [0.15, 0.2) is 0 Å². The molecule has 84 valence electrons. The molecule has 0 aliphatic heterocycles. The molecule has 0 aromatic heterocycles. The highest BCUT2D eigenvalue weighted by Crippen LogP contribution is 2.16. The summed E-state index contributed by atoms with van der Waals surface area (Å²) in [5.74, 6) is 1.45. The number of hydrogen-bond donors (Lipinski definition) is 0. The minimum Gasteiger partial charge on any atom is -0.329 e. The van der Waals surface area contributed by atoms with E-state index in [1.807, 2.05) is 32.6 Å². The SMILES string of the molecule is CC(C)N(C(=O)SCCCCl)C(C)C. The van der Waals surface area contributed by atoms with Gasteiger partial charge in [0, 0.05) is 23.7 Å². The van der Waals surface area contributed by atoms with Gasteiger partial charge in [0.25, 0.3) is 5.24 Å². The smallest absolute Gasteiger partial charge is 0.282 e. The summed E-state index contributed by atoms with van der Waals surface area (Å²) in [5, 5.41) is 0.167. The van der Waals surface area contributed by atoms with E-state index < -0.39 is 0 Å². The van der Waals surface area contributed by atoms with E-state index in [-0.39, 0.29) is 17.3 Å². The van der Waals surface area contributed by atoms with Gasteiger partial charge in [-0.2, -0.15) is 0 Å². The Labute approximate surface area is 96.4 Å². The van der Waals surface area contributed by atoms with Gasteiger partial charge >= 0.3 is 0 Å². The molecule has 0 aliphatic carbocycles. The standard InChI is InChI=1S/C10H20ClNOS/c1-8(2)12(9(3)4)10(13)14-7-5-6-11/h8-9H,5-7H2,1-4H3. The highest BCUT2D eigenvalue weighted by molar-refractivity contribution is 8.13. The van der Waals surface area contributed by atoms with Crippen LogP contribution in [0, 0.1) is 0 Å². The Hall–Kier alpha value is 0.110. The highest BCUT2D eigenvalue weighted by atomic mass is 35.5. The number of thioether (sulfide) groups is 1. The predicted octanol–water partition coefficient (Wildman–Crippen LogP) is 3.59. The molecule has 0 rings (SSSR count). The van der Waals surface area contributed by atoms with Gasteiger partial charge in [0.05, 0.1) is 0 Å². The van der Waals surface area contributed by atoms with Gasteiger partial charge in [0.1, 0.15) is 0 Å². The number of alkyl halides is 1. The van der Waals surface area contributed by atoms with Crippen LogP contribution in [0.15, 0.2) is 0 Å². The first-order valence-electron chi connectivity index (χ1n) is 5.01. The zero-order valence-corrected chi connectivity index (χ0v) is 11.0. The molecule has 0 bridgehead atoms. The second-order valence-corrected chi connectivity index (χ2v) is 5.18. The summed E-state index contributed by atoms with van der Waals surface area (Å²) in [6, 6.07) is 0.539. The maximum Gasteiger partial charge on any atom is 0.282 e. The Morgan fingerprint density at radius 3 is 2.14 bits per heavy atom. The molecule has 0 spiro atoms. The Kier molecular flexibility index (Phi) is 7.47. The van der Waals surface area contributed by atoms with E-state index >= 15 is 0 Å². The maximum absolute atomic E-state index is 11.7. The summed E-state index contributed by atoms with van der Waals surface area (Å²) < 4.78 is 0. The van der Waals surface area contributed by atoms with E-state index in [2.05, 4.69) is 0 Å². The Bertz CT molecular complexity index is 166. The van der Waals surface area contributed by atoms with Crippen molar-refractivity contribution in [2.45, 2.75) is 46.2 Å². The average molecular weight is 238 g/mol. The molecule has 0 heterocycles. The molecule has 0 N–H and O–H groups in total. The molecule has 0 unspecified atom stereocenters. The van der Waals surface area contributed by atoms with Gasteiger partial charge in [0.2, 0.25) is 0 Å². The lowest BCUT2D eigenvalue weighted by atomic mass is 10.2. The van der Waals surface area contributed by atoms with Crippen LogP contribution >= 0.6 is 23.4 Å². The molecule has 0 aliphatic rings. The molecule has 4 heteroatoms. The van der Waals surface area contributed by atoms with Crippen molar-refractivity contribution in [3.8, 4) is 0 Å². The molecule has 2 nitrogen and oxygen atoms in total. The highest BCUT2D eigenvalue weighted by Gasteiger charge is 2.19. The Morgan fingerprint density at radius 2 is 1.79 bits per heavy atom. The van der Waals surface area contributed by atoms with Crippen LogP contribution in [0.1, 0.15) is 34.1 Å². The van der Waals surface area contributed by atoms with E-state index in [0.29, 0.717) is 5.88 Å². The number of rotatable bonds is 5. The number of amides is 1. The molecular formula is C10H20ClNOS. The summed E-state index contributed by atoms with van der Waals surface area (Å²) in [5.41, 5.74) is 0. The lowest BCUT2D eigenvalue weighted by molar-refractivity contribution is 0.190. The van der Waals surface area contributed by atoms with Gasteiger partial charge in [-0.3, -0.25) is 4.79 Å². The first-order chi connectivity index (χ1) is 6.50. The van der Waals surface area contributed by atoms with Crippen molar-refractivity contribution in [2.24, 2.45) is 0 Å². The van der Waals surface area contributed by atoms with Crippen LogP contribution in [0.25, 0.3) is 0 Å². The van der Waals surface area contributed by atoms with Gasteiger partial charge in [-0.05, 0) is 34.1 Å². The topological polar surface area (TPSA) is 20.3 Å². The van der Waals surface area contributed by atoms with E-state index in [0.717, 1.165) is 12.2 Å². The summed E-state index contributed by atoms with van der Waals surface area (Å²) in [6.07, 6.45) is 0.891. The zero-order chi connectivity index (χ0) is 11.1. The van der Waals surface area contributed by atoms with E-state index in [4.69, 9.17) is 11.6 Å². The fraction of sp³-hybridized carbons (Fsp3) is 0.900. The van der Waals surface area contributed by atoms with Crippen molar-refractivity contribution in [1.29, 1.82) is 0 Å². The quantitative estimate of drug-likeness (QED) is 0.538. The van der Waals surface area contributed by atoms with Crippen molar-refractivity contribution in [3.63, 3.8) is 0 Å². The van der Waals surface area contributed by atoms with Crippen molar-refractivity contribution in [2.75, 3.05) is 11.6 Å². The van der Waals surface area contributed by atoms with Gasteiger partial charge in [-0.25, -0.2) is 0 Å². The normalized spacial score (nSPS) is 11.1. The summed E-state index contributed by atoms with van der Waals surface area (Å²) >= 11 is 6.92. The van der Waals surface area contributed by atoms with Crippen LogP contribution in [0.5, 0.6) is 0 Å². The first kappa shape index (κ1) is 14.1. The van der Waals surface area contributed by atoms with E-state index in [9.17, 15) is 4.79 Å². The maximum atomic E-state index is 11.7. The number of carbonyl (C=O) groups is 1. The number of nitrogens with zero attached hydrogens (tertiary/aromatic N) is 1. The van der Waals surface area contributed by atoms with Crippen LogP contribution in [0.3, 0.4) is 0 Å². The van der Waals surface area contributed by atoms with Crippen LogP contribution in [0.4, 0.5) is 4.79 Å². The molecule has 0 fully saturated rings. The summed E-state index contributed by atoms with van der Waals surface area (Å²) in [6.45, 7) is 8.17. The van der Waals surface area contributed by atoms with Crippen molar-refractivity contribution < 1.29 is 4.79 Å². The molecule has 14 heavy (non-hydrogen) atoms. The average Bonchev–Trinajstić information content (AvgIpc) is 2.03. The Balaban J connectivity index is 4.03. The van der Waals surface area contributed by atoms with E-state index in [1.54, 1.807) is 0 Å². The number of halogens is 1. The molecule has 0 saturated carbocycles. The Morgan fingerprint density at radius 1 is 1.29 bits per heavy atom. The van der Waals surface area contributed by atoms with E-state index in [1.165, 1.54) is 11.8 Å². The summed E-state index contributed by atoms with van der Waals surface area (Å²) in [7, 11) is 0. The van der Waals surface area contributed by atoms with Gasteiger partial charge in [-0.1, -0.05) is 11.8 Å². The minimum atomic E-state index is 0.167. The molecule has 0 aromatic carbocycles. The van der Waals surface area contributed by atoms with Crippen molar-refractivity contribution in [1.82, 2.24) is 4.90 Å². The minimum absolute atomic E-state index is 0.167. The predicted molar refractivity (Wildman–Crippen MR) is 65.3 cm³/mol. The first-order valence-corrected chi connectivity index (χ1v) is 6.53. The van der Waals surface area contributed by atoms with Crippen molar-refractivity contribution >= 4 is 28.6 Å². The number of carbonyl (C=O) groups excluding carboxylic acids is 1. The van der Waals surface area contributed by atoms with Gasteiger partial charge < -0.3 is 4.90 Å². The molecule has 0 aromatic rings. The zero-order valence-electron chi connectivity index (χ0n) is 9.42. The van der Waals surface area contributed by atoms with Gasteiger partial charge in [-0.15, -0.1) is 11.6 Å². The second kappa shape index (κ2) is 7.41. The second-order valence-electron chi connectivity index (χ2n) is 3.75. The lowest BCUT2D eigenvalue weighted by Crippen LogP contribution is -2.39.